The van der Waals surface area contributed by atoms with Crippen molar-refractivity contribution < 1.29 is 27.4 Å². The standard InChI is InChI=1S/C24H25F3N4O3/c1-15-31(18-7-4-16(12-28)21(11-18)24(25,26)27)13-20(34-15)14-33-19-8-5-17(6-9-19)30-23(32)22-3-2-10-29-22/h4-9,11,15,20,22,29H,2-3,10,13-14H2,1H3,(H,30,32)/t15-,20+,22+/m1/s1. The largest absolute Gasteiger partial charge is 0.491 e. The lowest BCUT2D eigenvalue weighted by atomic mass is 10.1. The highest BCUT2D eigenvalue weighted by Crippen LogP contribution is 2.36. The van der Waals surface area contributed by atoms with Crippen molar-refractivity contribution >= 4 is 17.3 Å². The molecule has 0 aromatic heterocycles. The fourth-order valence-corrected chi connectivity index (χ4v) is 4.17. The lowest BCUT2D eigenvalue weighted by molar-refractivity contribution is -0.137. The van der Waals surface area contributed by atoms with E-state index in [1.165, 1.54) is 12.1 Å². The van der Waals surface area contributed by atoms with Crippen LogP contribution >= 0.6 is 0 Å². The number of rotatable bonds is 6. The number of carbonyl (C=O) groups is 1. The van der Waals surface area contributed by atoms with Crippen LogP contribution < -0.4 is 20.3 Å². The molecule has 0 saturated carbocycles. The molecule has 2 N–H and O–H groups in total. The number of ether oxygens (including phenoxy) is 2. The van der Waals surface area contributed by atoms with E-state index in [0.717, 1.165) is 25.5 Å². The monoisotopic (exact) mass is 474 g/mol. The highest BCUT2D eigenvalue weighted by molar-refractivity contribution is 5.95. The number of nitrogens with one attached hydrogen (secondary N) is 2. The second kappa shape index (κ2) is 9.91. The third kappa shape index (κ3) is 5.43. The third-order valence-corrected chi connectivity index (χ3v) is 5.92. The van der Waals surface area contributed by atoms with Gasteiger partial charge in [-0.3, -0.25) is 4.79 Å². The summed E-state index contributed by atoms with van der Waals surface area (Å²) in [6.07, 6.45) is -3.62. The molecule has 0 aliphatic carbocycles. The summed E-state index contributed by atoms with van der Waals surface area (Å²) in [5.74, 6) is 0.528. The van der Waals surface area contributed by atoms with E-state index in [0.29, 0.717) is 23.7 Å². The first-order chi connectivity index (χ1) is 16.2. The zero-order chi connectivity index (χ0) is 24.3. The Balaban J connectivity index is 1.33. The first kappa shape index (κ1) is 23.9. The summed E-state index contributed by atoms with van der Waals surface area (Å²) in [5.41, 5.74) is -0.374. The van der Waals surface area contributed by atoms with Crippen LogP contribution in [0.5, 0.6) is 5.75 Å². The summed E-state index contributed by atoms with van der Waals surface area (Å²) >= 11 is 0. The van der Waals surface area contributed by atoms with Crippen LogP contribution in [0.1, 0.15) is 30.9 Å². The van der Waals surface area contributed by atoms with Crippen molar-refractivity contribution in [2.45, 2.75) is 44.3 Å². The second-order valence-corrected chi connectivity index (χ2v) is 8.32. The Kier molecular flexibility index (Phi) is 6.95. The lowest BCUT2D eigenvalue weighted by Gasteiger charge is -2.23. The van der Waals surface area contributed by atoms with Crippen LogP contribution in [0.3, 0.4) is 0 Å². The van der Waals surface area contributed by atoms with Gasteiger partial charge in [0.05, 0.1) is 29.8 Å². The van der Waals surface area contributed by atoms with E-state index >= 15 is 0 Å². The van der Waals surface area contributed by atoms with Crippen molar-refractivity contribution in [3.63, 3.8) is 0 Å². The maximum atomic E-state index is 13.3. The molecule has 7 nitrogen and oxygen atoms in total. The summed E-state index contributed by atoms with van der Waals surface area (Å²) in [6, 6.07) is 12.1. The Morgan fingerprint density at radius 3 is 2.71 bits per heavy atom. The van der Waals surface area contributed by atoms with Gasteiger partial charge in [-0.25, -0.2) is 0 Å². The van der Waals surface area contributed by atoms with Crippen molar-refractivity contribution in [3.8, 4) is 11.8 Å². The number of hydrogen-bond donors (Lipinski definition) is 2. The first-order valence-electron chi connectivity index (χ1n) is 11.0. The van der Waals surface area contributed by atoms with E-state index in [1.807, 2.05) is 0 Å². The van der Waals surface area contributed by atoms with Gasteiger partial charge in [-0.15, -0.1) is 0 Å². The molecule has 2 aromatic rings. The fourth-order valence-electron chi connectivity index (χ4n) is 4.17. The Morgan fingerprint density at radius 1 is 1.29 bits per heavy atom. The smallest absolute Gasteiger partial charge is 0.417 e. The molecule has 3 atom stereocenters. The zero-order valence-corrected chi connectivity index (χ0v) is 18.6. The number of nitrogens with zero attached hydrogens (tertiary/aromatic N) is 2. The van der Waals surface area contributed by atoms with Crippen molar-refractivity contribution in [1.29, 1.82) is 5.26 Å². The van der Waals surface area contributed by atoms with Gasteiger partial charge >= 0.3 is 6.18 Å². The number of anilines is 2. The number of hydrogen-bond acceptors (Lipinski definition) is 6. The molecular weight excluding hydrogens is 449 g/mol. The van der Waals surface area contributed by atoms with Gasteiger partial charge in [-0.05, 0) is 68.8 Å². The Hall–Kier alpha value is -3.29. The highest BCUT2D eigenvalue weighted by atomic mass is 19.4. The van der Waals surface area contributed by atoms with Crippen LogP contribution in [0.4, 0.5) is 24.5 Å². The number of carbonyl (C=O) groups excluding carboxylic acids is 1. The number of amides is 1. The number of alkyl halides is 3. The predicted octanol–water partition coefficient (Wildman–Crippen LogP) is 3.90. The van der Waals surface area contributed by atoms with Crippen molar-refractivity contribution in [2.75, 3.05) is 29.9 Å². The molecule has 2 saturated heterocycles. The summed E-state index contributed by atoms with van der Waals surface area (Å²) in [5, 5.41) is 15.0. The van der Waals surface area contributed by atoms with E-state index in [9.17, 15) is 18.0 Å². The molecule has 0 radical (unpaired) electrons. The lowest BCUT2D eigenvalue weighted by Crippen LogP contribution is -2.35. The number of benzene rings is 2. The average molecular weight is 474 g/mol. The van der Waals surface area contributed by atoms with E-state index < -0.39 is 23.5 Å². The van der Waals surface area contributed by atoms with Crippen LogP contribution in [-0.4, -0.2) is 44.0 Å². The molecule has 2 aromatic carbocycles. The molecule has 2 fully saturated rings. The molecule has 0 spiro atoms. The molecule has 2 heterocycles. The summed E-state index contributed by atoms with van der Waals surface area (Å²) < 4.78 is 51.6. The normalized spacial score (nSPS) is 22.4. The fraction of sp³-hybridized carbons (Fsp3) is 0.417. The summed E-state index contributed by atoms with van der Waals surface area (Å²) in [6.45, 7) is 3.15. The van der Waals surface area contributed by atoms with Gasteiger partial charge in [0.1, 0.15) is 24.7 Å². The van der Waals surface area contributed by atoms with E-state index in [-0.39, 0.29) is 24.7 Å². The predicted molar refractivity (Wildman–Crippen MR) is 119 cm³/mol. The maximum absolute atomic E-state index is 13.3. The molecule has 34 heavy (non-hydrogen) atoms. The van der Waals surface area contributed by atoms with Gasteiger partial charge in [0, 0.05) is 11.4 Å². The summed E-state index contributed by atoms with van der Waals surface area (Å²) in [4.78, 5) is 13.9. The average Bonchev–Trinajstić information content (AvgIpc) is 3.48. The first-order valence-corrected chi connectivity index (χ1v) is 11.0. The van der Waals surface area contributed by atoms with Crippen molar-refractivity contribution in [3.05, 3.63) is 53.6 Å². The number of nitriles is 1. The van der Waals surface area contributed by atoms with Crippen molar-refractivity contribution in [2.24, 2.45) is 0 Å². The van der Waals surface area contributed by atoms with Crippen LogP contribution in [0.15, 0.2) is 42.5 Å². The van der Waals surface area contributed by atoms with Crippen molar-refractivity contribution in [1.82, 2.24) is 5.32 Å². The van der Waals surface area contributed by atoms with Crippen LogP contribution in [0.2, 0.25) is 0 Å². The second-order valence-electron chi connectivity index (χ2n) is 8.32. The highest BCUT2D eigenvalue weighted by Gasteiger charge is 2.36. The number of halogens is 3. The molecule has 180 valence electrons. The molecule has 0 bridgehead atoms. The van der Waals surface area contributed by atoms with E-state index in [4.69, 9.17) is 14.7 Å². The minimum atomic E-state index is -4.62. The zero-order valence-electron chi connectivity index (χ0n) is 18.6. The Bertz CT molecular complexity index is 1060. The molecule has 4 rings (SSSR count). The molecule has 0 unspecified atom stereocenters. The quantitative estimate of drug-likeness (QED) is 0.661. The topological polar surface area (TPSA) is 86.6 Å². The molecule has 2 aliphatic heterocycles. The Morgan fingerprint density at radius 2 is 2.06 bits per heavy atom. The minimum Gasteiger partial charge on any atom is -0.491 e. The van der Waals surface area contributed by atoms with Gasteiger partial charge in [0.25, 0.3) is 0 Å². The van der Waals surface area contributed by atoms with Gasteiger partial charge in [0.15, 0.2) is 0 Å². The Labute approximate surface area is 195 Å². The van der Waals surface area contributed by atoms with Crippen LogP contribution in [0, 0.1) is 11.3 Å². The van der Waals surface area contributed by atoms with Gasteiger partial charge in [-0.2, -0.15) is 18.4 Å². The van der Waals surface area contributed by atoms with Gasteiger partial charge in [-0.1, -0.05) is 0 Å². The maximum Gasteiger partial charge on any atom is 0.417 e. The molecular formula is C24H25F3N4O3. The van der Waals surface area contributed by atoms with E-state index in [2.05, 4.69) is 10.6 Å². The van der Waals surface area contributed by atoms with Crippen LogP contribution in [0.25, 0.3) is 0 Å². The molecule has 2 aliphatic rings. The molecule has 10 heteroatoms. The van der Waals surface area contributed by atoms with Crippen LogP contribution in [-0.2, 0) is 15.7 Å². The summed E-state index contributed by atoms with van der Waals surface area (Å²) in [7, 11) is 0. The van der Waals surface area contributed by atoms with E-state index in [1.54, 1.807) is 42.2 Å². The SMILES string of the molecule is C[C@H]1O[C@H](COc2ccc(NC(=O)[C@@H]3CCCN3)cc2)CN1c1ccc(C#N)c(C(F)(F)F)c1. The minimum absolute atomic E-state index is 0.0592. The third-order valence-electron chi connectivity index (χ3n) is 5.92. The van der Waals surface area contributed by atoms with Gasteiger partial charge < -0.3 is 25.0 Å². The van der Waals surface area contributed by atoms with Gasteiger partial charge in [0.2, 0.25) is 5.91 Å². The molecule has 1 amide bonds.